The van der Waals surface area contributed by atoms with E-state index in [0.29, 0.717) is 5.69 Å². The smallest absolute Gasteiger partial charge is 0.283 e. The number of pyridine rings is 1. The first-order valence-corrected chi connectivity index (χ1v) is 6.97. The van der Waals surface area contributed by atoms with Gasteiger partial charge in [-0.2, -0.15) is 0 Å². The van der Waals surface area contributed by atoms with Gasteiger partial charge in [0.05, 0.1) is 23.3 Å². The molecule has 0 N–H and O–H groups in total. The van der Waals surface area contributed by atoms with Crippen molar-refractivity contribution < 1.29 is 0 Å². The lowest BCUT2D eigenvalue weighted by Gasteiger charge is -2.07. The summed E-state index contributed by atoms with van der Waals surface area (Å²) < 4.78 is 3.42. The SMILES string of the molecule is Cc1c(N=Cc2ccccn2)c(=O)n(-c2ccccc2)n1C. The van der Waals surface area contributed by atoms with Crippen LogP contribution in [0.4, 0.5) is 5.69 Å². The third kappa shape index (κ3) is 2.48. The Morgan fingerprint density at radius 2 is 1.82 bits per heavy atom. The predicted octanol–water partition coefficient (Wildman–Crippen LogP) is 2.63. The van der Waals surface area contributed by atoms with E-state index in [1.54, 1.807) is 17.1 Å². The van der Waals surface area contributed by atoms with Crippen molar-refractivity contribution in [1.29, 1.82) is 0 Å². The van der Waals surface area contributed by atoms with Gasteiger partial charge in [-0.3, -0.25) is 14.5 Å². The van der Waals surface area contributed by atoms with E-state index in [1.165, 1.54) is 0 Å². The zero-order valence-corrected chi connectivity index (χ0v) is 12.5. The molecule has 2 aromatic heterocycles. The van der Waals surface area contributed by atoms with Crippen molar-refractivity contribution in [3.8, 4) is 5.69 Å². The summed E-state index contributed by atoms with van der Waals surface area (Å²) in [4.78, 5) is 21.2. The highest BCUT2D eigenvalue weighted by molar-refractivity contribution is 5.79. The standard InChI is InChI=1S/C17H16N4O/c1-13-16(19-12-14-8-6-7-11-18-14)17(22)21(20(13)2)15-9-4-3-5-10-15/h3-12H,1-2H3. The highest BCUT2D eigenvalue weighted by Crippen LogP contribution is 2.16. The molecule has 2 heterocycles. The Bertz CT molecular complexity index is 861. The predicted molar refractivity (Wildman–Crippen MR) is 87.2 cm³/mol. The van der Waals surface area contributed by atoms with Crippen molar-refractivity contribution in [2.24, 2.45) is 12.0 Å². The molecule has 0 atom stereocenters. The highest BCUT2D eigenvalue weighted by atomic mass is 16.1. The summed E-state index contributed by atoms with van der Waals surface area (Å²) in [5, 5.41) is 0. The molecule has 0 aliphatic heterocycles. The number of para-hydroxylation sites is 1. The molecule has 0 saturated heterocycles. The fourth-order valence-electron chi connectivity index (χ4n) is 2.29. The molecule has 3 aromatic rings. The van der Waals surface area contributed by atoms with E-state index in [2.05, 4.69) is 9.98 Å². The topological polar surface area (TPSA) is 52.2 Å². The molecule has 0 fully saturated rings. The first-order valence-electron chi connectivity index (χ1n) is 6.97. The van der Waals surface area contributed by atoms with Crippen molar-refractivity contribution in [3.05, 3.63) is 76.5 Å². The van der Waals surface area contributed by atoms with Gasteiger partial charge in [-0.05, 0) is 31.2 Å². The molecule has 0 radical (unpaired) electrons. The van der Waals surface area contributed by atoms with Crippen LogP contribution in [0.2, 0.25) is 0 Å². The van der Waals surface area contributed by atoms with E-state index in [-0.39, 0.29) is 5.56 Å². The largest absolute Gasteiger partial charge is 0.297 e. The lowest BCUT2D eigenvalue weighted by atomic mass is 10.3. The molecule has 5 heteroatoms. The van der Waals surface area contributed by atoms with E-state index in [0.717, 1.165) is 17.1 Å². The molecular weight excluding hydrogens is 276 g/mol. The fourth-order valence-corrected chi connectivity index (χ4v) is 2.29. The summed E-state index contributed by atoms with van der Waals surface area (Å²) in [5.74, 6) is 0. The second-order valence-electron chi connectivity index (χ2n) is 4.92. The number of aromatic nitrogens is 3. The molecule has 0 bridgehead atoms. The van der Waals surface area contributed by atoms with Crippen LogP contribution in [0.3, 0.4) is 0 Å². The van der Waals surface area contributed by atoms with Crippen LogP contribution in [-0.4, -0.2) is 20.6 Å². The molecule has 0 unspecified atom stereocenters. The third-order valence-corrected chi connectivity index (χ3v) is 3.54. The molecule has 0 saturated carbocycles. The third-order valence-electron chi connectivity index (χ3n) is 3.54. The van der Waals surface area contributed by atoms with Gasteiger partial charge in [0.15, 0.2) is 5.69 Å². The summed E-state index contributed by atoms with van der Waals surface area (Å²) in [5.41, 5.74) is 2.63. The van der Waals surface area contributed by atoms with Crippen LogP contribution in [0.15, 0.2) is 64.5 Å². The summed E-state index contributed by atoms with van der Waals surface area (Å²) in [6.45, 7) is 1.88. The van der Waals surface area contributed by atoms with Crippen LogP contribution in [0.5, 0.6) is 0 Å². The molecule has 22 heavy (non-hydrogen) atoms. The Kier molecular flexibility index (Phi) is 3.70. The lowest BCUT2D eigenvalue weighted by Crippen LogP contribution is -2.19. The Morgan fingerprint density at radius 3 is 2.50 bits per heavy atom. The zero-order valence-electron chi connectivity index (χ0n) is 12.5. The average Bonchev–Trinajstić information content (AvgIpc) is 2.77. The van der Waals surface area contributed by atoms with E-state index >= 15 is 0 Å². The summed E-state index contributed by atoms with van der Waals surface area (Å²) in [6, 6.07) is 15.1. The molecule has 1 aromatic carbocycles. The molecule has 0 spiro atoms. The number of hydrogen-bond donors (Lipinski definition) is 0. The highest BCUT2D eigenvalue weighted by Gasteiger charge is 2.14. The van der Waals surface area contributed by atoms with Crippen LogP contribution in [-0.2, 0) is 7.05 Å². The number of hydrogen-bond acceptors (Lipinski definition) is 3. The number of aliphatic imine (C=N–C) groups is 1. The first-order chi connectivity index (χ1) is 10.7. The van der Waals surface area contributed by atoms with Gasteiger partial charge >= 0.3 is 0 Å². The minimum absolute atomic E-state index is 0.140. The summed E-state index contributed by atoms with van der Waals surface area (Å²) >= 11 is 0. The van der Waals surface area contributed by atoms with Gasteiger partial charge < -0.3 is 0 Å². The lowest BCUT2D eigenvalue weighted by molar-refractivity contribution is 0.630. The van der Waals surface area contributed by atoms with Gasteiger partial charge in [-0.25, -0.2) is 9.67 Å². The second kappa shape index (κ2) is 5.81. The quantitative estimate of drug-likeness (QED) is 0.697. The minimum atomic E-state index is -0.140. The van der Waals surface area contributed by atoms with Gasteiger partial charge in [0, 0.05) is 13.2 Å². The second-order valence-corrected chi connectivity index (χ2v) is 4.92. The van der Waals surface area contributed by atoms with Gasteiger partial charge in [-0.1, -0.05) is 24.3 Å². The van der Waals surface area contributed by atoms with Crippen molar-refractivity contribution in [1.82, 2.24) is 14.3 Å². The van der Waals surface area contributed by atoms with Crippen molar-refractivity contribution in [2.45, 2.75) is 6.92 Å². The van der Waals surface area contributed by atoms with E-state index in [1.807, 2.05) is 67.2 Å². The van der Waals surface area contributed by atoms with Crippen molar-refractivity contribution in [2.75, 3.05) is 0 Å². The normalized spacial score (nSPS) is 11.2. The molecule has 3 rings (SSSR count). The molecule has 110 valence electrons. The number of rotatable bonds is 3. The van der Waals surface area contributed by atoms with Crippen LogP contribution in [0.1, 0.15) is 11.4 Å². The Morgan fingerprint density at radius 1 is 1.09 bits per heavy atom. The fraction of sp³-hybridized carbons (Fsp3) is 0.118. The Hall–Kier alpha value is -2.95. The van der Waals surface area contributed by atoms with Gasteiger partial charge in [0.2, 0.25) is 0 Å². The average molecular weight is 292 g/mol. The Balaban J connectivity index is 2.08. The minimum Gasteiger partial charge on any atom is -0.283 e. The van der Waals surface area contributed by atoms with E-state index in [9.17, 15) is 4.79 Å². The van der Waals surface area contributed by atoms with Crippen molar-refractivity contribution >= 4 is 11.9 Å². The van der Waals surface area contributed by atoms with Crippen LogP contribution in [0.25, 0.3) is 5.69 Å². The number of nitrogens with zero attached hydrogens (tertiary/aromatic N) is 4. The van der Waals surface area contributed by atoms with Crippen LogP contribution < -0.4 is 5.56 Å². The summed E-state index contributed by atoms with van der Waals surface area (Å²) in [6.07, 6.45) is 3.31. The molecule has 0 aliphatic rings. The van der Waals surface area contributed by atoms with Crippen molar-refractivity contribution in [3.63, 3.8) is 0 Å². The van der Waals surface area contributed by atoms with Crippen LogP contribution in [0, 0.1) is 6.92 Å². The van der Waals surface area contributed by atoms with Gasteiger partial charge in [-0.15, -0.1) is 0 Å². The van der Waals surface area contributed by atoms with Gasteiger partial charge in [0.1, 0.15) is 0 Å². The molecular formula is C17H16N4O. The number of benzene rings is 1. The van der Waals surface area contributed by atoms with E-state index in [4.69, 9.17) is 0 Å². The van der Waals surface area contributed by atoms with Crippen LogP contribution >= 0.6 is 0 Å². The maximum atomic E-state index is 12.6. The summed E-state index contributed by atoms with van der Waals surface area (Å²) in [7, 11) is 1.85. The maximum absolute atomic E-state index is 12.6. The molecule has 5 nitrogen and oxygen atoms in total. The maximum Gasteiger partial charge on any atom is 0.297 e. The zero-order chi connectivity index (χ0) is 15.5. The molecule has 0 aliphatic carbocycles. The Labute approximate surface area is 128 Å². The molecule has 0 amide bonds. The van der Waals surface area contributed by atoms with E-state index < -0.39 is 0 Å². The van der Waals surface area contributed by atoms with Gasteiger partial charge in [0.25, 0.3) is 5.56 Å². The first kappa shape index (κ1) is 14.0. The monoisotopic (exact) mass is 292 g/mol.